The van der Waals surface area contributed by atoms with Crippen molar-refractivity contribution in [3.8, 4) is 33.8 Å². The predicted molar refractivity (Wildman–Crippen MR) is 545 cm³/mol. The van der Waals surface area contributed by atoms with E-state index in [0.29, 0.717) is 129 Å². The SMILES string of the molecule is CCSc1nnc(N=Nc2sc(NS(C)(=O)=O)nc2-c2ccccc2)s1.CSc1nsc(N=Nc2c(C)nc(NS(C)(=O)=O)n2C)n1.Cc1nc(NS(C)(=O)=O)n(C)c1N=Nc1snc2ncccc12.Cn1c(N=Nc2nncs2)c(-c2ccccc2)[nH]c1=O.[C-]#[N+]C([N+]#[C-])c1nc(-c2ccccc2)c(N=Nc2cc(C)ns2)s1.[C-]#[N+]C([N+]#[C-])c1nc(C)c(N=Nc2snc3ccc(S(N)(=O)=O)cc23)s1. The molecule has 0 radical (unpaired) electrons. The second kappa shape index (κ2) is 48.0. The van der Waals surface area contributed by atoms with Crippen LogP contribution in [0.4, 0.5) is 79.9 Å². The average Bonchev–Trinajstić information content (AvgIpc) is 1.63. The van der Waals surface area contributed by atoms with Crippen molar-refractivity contribution >= 4 is 268 Å². The molecule has 0 bridgehead atoms. The van der Waals surface area contributed by atoms with Crippen LogP contribution in [0.2, 0.25) is 0 Å². The number of primary sulfonamides is 1. The van der Waals surface area contributed by atoms with Gasteiger partial charge in [-0.25, -0.2) is 119 Å². The fraction of sp³-hybridized carbons (Fsp3) is 0.195. The fourth-order valence-corrected chi connectivity index (χ4v) is 20.8. The van der Waals surface area contributed by atoms with Crippen LogP contribution in [0.5, 0.6) is 0 Å². The maximum Gasteiger partial charge on any atom is 0.528 e. The molecule has 0 spiro atoms. The molecule has 0 saturated carbocycles. The van der Waals surface area contributed by atoms with Crippen LogP contribution in [0.15, 0.2) is 220 Å². The number of anilines is 3. The zero-order chi connectivity index (χ0) is 101. The van der Waals surface area contributed by atoms with Crippen LogP contribution in [0.3, 0.4) is 0 Å². The highest BCUT2D eigenvalue weighted by molar-refractivity contribution is 8.01. The zero-order valence-electron chi connectivity index (χ0n) is 74.2. The Kier molecular flexibility index (Phi) is 35.9. The van der Waals surface area contributed by atoms with Crippen molar-refractivity contribution in [1.82, 2.24) is 91.5 Å². The molecule has 63 heteroatoms. The summed E-state index contributed by atoms with van der Waals surface area (Å²) in [5.41, 5.74) is 9.50. The van der Waals surface area contributed by atoms with Crippen LogP contribution in [-0.2, 0) is 61.2 Å². The van der Waals surface area contributed by atoms with Crippen molar-refractivity contribution in [2.75, 3.05) is 44.9 Å². The van der Waals surface area contributed by atoms with E-state index in [2.05, 4.69) is 173 Å². The van der Waals surface area contributed by atoms with Crippen LogP contribution < -0.4 is 25.0 Å². The van der Waals surface area contributed by atoms with Gasteiger partial charge in [-0.2, -0.15) is 22.5 Å². The number of aryl methyl sites for hydroxylation is 4. The topological polar surface area (TPSA) is 605 Å². The molecule has 13 aromatic heterocycles. The summed E-state index contributed by atoms with van der Waals surface area (Å²) in [6.07, 6.45) is 4.81. The molecule has 17 aromatic rings. The number of sulfonamides is 4. The molecule has 716 valence electrons. The van der Waals surface area contributed by atoms with Crippen molar-refractivity contribution in [2.24, 2.45) is 87.7 Å². The van der Waals surface area contributed by atoms with Crippen LogP contribution in [0, 0.1) is 54.0 Å². The number of aromatic nitrogens is 19. The van der Waals surface area contributed by atoms with Crippen molar-refractivity contribution in [1.29, 1.82) is 0 Å². The maximum atomic E-state index is 11.8. The van der Waals surface area contributed by atoms with Gasteiger partial charge in [0.2, 0.25) is 62.3 Å². The number of fused-ring (bicyclic) bond motifs is 2. The van der Waals surface area contributed by atoms with Gasteiger partial charge in [0.05, 0.1) is 63.0 Å². The second-order valence-corrected chi connectivity index (χ2v) is 44.3. The van der Waals surface area contributed by atoms with Gasteiger partial charge in [0.15, 0.2) is 62.6 Å². The number of thioether (sulfide) groups is 2. The summed E-state index contributed by atoms with van der Waals surface area (Å²) < 4.78 is 120. The monoisotopic (exact) mass is 2160 g/mol. The number of nitrogens with one attached hydrogen (secondary N) is 4. The fourth-order valence-electron chi connectivity index (χ4n) is 10.9. The molecule has 0 fully saturated rings. The van der Waals surface area contributed by atoms with Gasteiger partial charge < -0.3 is 4.98 Å². The number of pyridine rings is 1. The van der Waals surface area contributed by atoms with E-state index in [0.717, 1.165) is 102 Å². The number of rotatable bonds is 27. The first-order valence-electron chi connectivity index (χ1n) is 39.0. The average molecular weight is 2170 g/mol. The van der Waals surface area contributed by atoms with E-state index in [4.69, 9.17) is 31.4 Å². The van der Waals surface area contributed by atoms with E-state index in [9.17, 15) is 38.5 Å². The highest BCUT2D eigenvalue weighted by Gasteiger charge is 2.30. The van der Waals surface area contributed by atoms with Gasteiger partial charge in [-0.3, -0.25) is 27.9 Å². The van der Waals surface area contributed by atoms with Crippen molar-refractivity contribution in [3.05, 3.63) is 228 Å². The summed E-state index contributed by atoms with van der Waals surface area (Å²) in [6.45, 7) is 37.4. The van der Waals surface area contributed by atoms with E-state index in [1.54, 1.807) is 77.5 Å². The van der Waals surface area contributed by atoms with Crippen molar-refractivity contribution in [2.45, 2.75) is 61.3 Å². The molecule has 0 atom stereocenters. The first kappa shape index (κ1) is 105. The van der Waals surface area contributed by atoms with Crippen LogP contribution in [0.1, 0.15) is 52.0 Å². The maximum absolute atomic E-state index is 11.8. The minimum Gasteiger partial charge on any atom is -0.304 e. The largest absolute Gasteiger partial charge is 0.528 e. The lowest BCUT2D eigenvalue weighted by Gasteiger charge is -2.03. The minimum atomic E-state index is -3.83. The summed E-state index contributed by atoms with van der Waals surface area (Å²) in [6, 6.07) is 38.3. The molecule has 48 nitrogen and oxygen atoms in total. The lowest BCUT2D eigenvalue weighted by atomic mass is 10.1. The zero-order valence-corrected chi connectivity index (χ0v) is 86.5. The number of benzene rings is 4. The molecule has 13 heterocycles. The van der Waals surface area contributed by atoms with Gasteiger partial charge in [0, 0.05) is 60.9 Å². The number of nitrogens with two attached hydrogens (primary N) is 1. The molecule has 0 amide bonds. The Morgan fingerprint density at radius 2 is 1.03 bits per heavy atom. The Morgan fingerprint density at radius 3 is 1.60 bits per heavy atom. The molecule has 17 rings (SSSR count). The summed E-state index contributed by atoms with van der Waals surface area (Å²) in [7, 11) is -9.13. The second-order valence-electron chi connectivity index (χ2n) is 27.4. The standard InChI is InChI=1S/C16H10N6S2.C14H9N7O2S3.C14H14N6O2S4.C12H13N7O2S2.C12H10N6OS.C9H13N7O2S3/c1-10-9-12(24-22-10)20-21-15-13(11-7-5-4-6-8-11)19-16(23-15)14(17-2)18-3;1-7-12(24-14(18-7)11(16-2)17-3)19-20-13-9-6-8(26(15,22)23)4-5-10(9)21-25-13;1-3-23-14-19-18-13(25-14)17-16-11-10(9-7-5-4-6-8-9)15-12(24-11)20-26(2,21)22;1-7-10(19(2)12(14-7)18-23(3,20)21)15-16-11-8-5-4-6-13-9(8)17-22-11;1-18-10(15-17-11-16-13-7-20-11)9(14-12(18)19)8-5-3-2-4-6-8;1-5-6(12-13-8-11-9(19-3)14-20-8)16(2)7(10-5)15-21(4,17)18/h4-9,14H,1H3;4-6,11H,1H3,(H2,15,22,23);4-8H,3H2,1-2H3,(H,15,20);4-6H,1-3H3,(H,14,18);2-7H,1H3,(H,14,19);1-4H3,(H,10,15). The summed E-state index contributed by atoms with van der Waals surface area (Å²) >= 11 is 13.8. The summed E-state index contributed by atoms with van der Waals surface area (Å²) in [5.74, 6) is 2.64. The van der Waals surface area contributed by atoms with E-state index < -0.39 is 52.4 Å². The minimum absolute atomic E-state index is 0.0325. The number of hydrogen-bond donors (Lipinski definition) is 5. The number of azo groups is 6. The third-order valence-corrected chi connectivity index (χ3v) is 28.6. The van der Waals surface area contributed by atoms with Crippen molar-refractivity contribution in [3.63, 3.8) is 0 Å². The number of hydrogen-bond acceptors (Lipinski definition) is 47. The van der Waals surface area contributed by atoms with Gasteiger partial charge in [0.1, 0.15) is 16.9 Å². The first-order valence-corrected chi connectivity index (χ1v) is 55.6. The Bertz CT molecular complexity index is 8180. The van der Waals surface area contributed by atoms with Crippen molar-refractivity contribution < 1.29 is 33.7 Å². The van der Waals surface area contributed by atoms with E-state index >= 15 is 0 Å². The summed E-state index contributed by atoms with van der Waals surface area (Å²) in [4.78, 5) is 57.1. The highest BCUT2D eigenvalue weighted by atomic mass is 32.2. The number of imidazole rings is 3. The van der Waals surface area contributed by atoms with Gasteiger partial charge in [-0.05, 0) is 111 Å². The first-order chi connectivity index (χ1) is 66.9. The quantitative estimate of drug-likeness (QED) is 0.0181. The van der Waals surface area contributed by atoms with E-state index in [1.165, 1.54) is 94.7 Å². The Morgan fingerprint density at radius 1 is 0.493 bits per heavy atom. The number of H-pyrrole nitrogens is 1. The van der Waals surface area contributed by atoms with Gasteiger partial charge in [-0.1, -0.05) is 178 Å². The molecule has 0 saturated heterocycles. The van der Waals surface area contributed by atoms with Gasteiger partial charge >= 0.3 is 18.0 Å². The third-order valence-electron chi connectivity index (χ3n) is 17.1. The number of thiazole rings is 3. The van der Waals surface area contributed by atoms with Gasteiger partial charge in [0.25, 0.3) is 20.3 Å². The summed E-state index contributed by atoms with van der Waals surface area (Å²) in [5, 5.41) is 77.9. The Labute approximate surface area is 841 Å². The molecule has 6 N–H and O–H groups in total. The van der Waals surface area contributed by atoms with Crippen LogP contribution >= 0.6 is 126 Å². The van der Waals surface area contributed by atoms with Crippen LogP contribution in [-0.4, -0.2) is 156 Å². The molecule has 0 aliphatic carbocycles. The number of aromatic amines is 1. The molecule has 0 aliphatic rings. The highest BCUT2D eigenvalue weighted by Crippen LogP contribution is 2.44. The molecular weight excluding hydrogens is 2100 g/mol. The molecular formula is C77H69N39O9S15. The van der Waals surface area contributed by atoms with E-state index in [1.807, 2.05) is 123 Å². The lowest BCUT2D eigenvalue weighted by Crippen LogP contribution is -2.13. The molecule has 0 aliphatic heterocycles. The number of nitrogens with zero attached hydrogens (tertiary/aromatic N) is 34. The lowest BCUT2D eigenvalue weighted by molar-refractivity contribution is 0.597. The molecule has 4 aromatic carbocycles. The molecule has 140 heavy (non-hydrogen) atoms. The van der Waals surface area contributed by atoms with E-state index in [-0.39, 0.29) is 27.6 Å². The smallest absolute Gasteiger partial charge is 0.304 e. The Hall–Kier alpha value is -14.1. The third kappa shape index (κ3) is 29.0. The van der Waals surface area contributed by atoms with Gasteiger partial charge in [-0.15, -0.1) is 81.8 Å². The normalized spacial score (nSPS) is 11.7. The van der Waals surface area contributed by atoms with Crippen LogP contribution in [0.25, 0.3) is 75.1 Å². The predicted octanol–water partition coefficient (Wildman–Crippen LogP) is 21.6. The molecule has 0 unspecified atom stereocenters. The Balaban J connectivity index is 0.000000151.